The Labute approximate surface area is 121 Å². The van der Waals surface area contributed by atoms with Gasteiger partial charge in [0.1, 0.15) is 18.5 Å². The number of benzene rings is 1. The Bertz CT molecular complexity index is 382. The first kappa shape index (κ1) is 17.0. The molecule has 1 rings (SSSR count). The van der Waals surface area contributed by atoms with Crippen LogP contribution in [0, 0.1) is 12.8 Å². The molecule has 0 saturated carbocycles. The van der Waals surface area contributed by atoms with E-state index in [9.17, 15) is 5.11 Å². The molecule has 0 aromatic heterocycles. The molecule has 3 N–H and O–H groups in total. The fourth-order valence-corrected chi connectivity index (χ4v) is 2.05. The van der Waals surface area contributed by atoms with Crippen molar-refractivity contribution in [2.45, 2.75) is 39.3 Å². The molecule has 2 unspecified atom stereocenters. The maximum Gasteiger partial charge on any atom is 0.119 e. The first-order valence-electron chi connectivity index (χ1n) is 7.24. The molecule has 0 spiro atoms. The number of aryl methyl sites for hydroxylation is 1. The predicted molar refractivity (Wildman–Crippen MR) is 81.0 cm³/mol. The lowest BCUT2D eigenvalue weighted by atomic mass is 10.0. The summed E-state index contributed by atoms with van der Waals surface area (Å²) in [6.45, 7) is 7.10. The fourth-order valence-electron chi connectivity index (χ4n) is 2.05. The summed E-state index contributed by atoms with van der Waals surface area (Å²) in [5.41, 5.74) is 1.14. The molecule has 0 bridgehead atoms. The van der Waals surface area contributed by atoms with Gasteiger partial charge in [-0.3, -0.25) is 0 Å². The molecule has 20 heavy (non-hydrogen) atoms. The molecule has 0 amide bonds. The summed E-state index contributed by atoms with van der Waals surface area (Å²) in [5, 5.41) is 22.2. The summed E-state index contributed by atoms with van der Waals surface area (Å²) >= 11 is 0. The molecule has 0 heterocycles. The molecule has 1 aromatic carbocycles. The number of aliphatic hydroxyl groups excluding tert-OH is 2. The first-order valence-corrected chi connectivity index (χ1v) is 7.24. The normalized spacial score (nSPS) is 14.3. The Kier molecular flexibility index (Phi) is 7.59. The lowest BCUT2D eigenvalue weighted by Crippen LogP contribution is -2.41. The molecular formula is C16H27NO3. The highest BCUT2D eigenvalue weighted by atomic mass is 16.5. The molecule has 0 aliphatic rings. The van der Waals surface area contributed by atoms with Crippen molar-refractivity contribution >= 4 is 0 Å². The van der Waals surface area contributed by atoms with Gasteiger partial charge >= 0.3 is 0 Å². The van der Waals surface area contributed by atoms with Gasteiger partial charge in [-0.2, -0.15) is 0 Å². The van der Waals surface area contributed by atoms with E-state index in [1.54, 1.807) is 0 Å². The minimum Gasteiger partial charge on any atom is -0.491 e. The average Bonchev–Trinajstić information content (AvgIpc) is 2.41. The van der Waals surface area contributed by atoms with Crippen LogP contribution in [-0.4, -0.2) is 42.1 Å². The average molecular weight is 281 g/mol. The van der Waals surface area contributed by atoms with Crippen molar-refractivity contribution in [3.8, 4) is 5.75 Å². The van der Waals surface area contributed by atoms with Crippen molar-refractivity contribution in [2.75, 3.05) is 19.8 Å². The highest BCUT2D eigenvalue weighted by Gasteiger charge is 2.14. The van der Waals surface area contributed by atoms with Gasteiger partial charge < -0.3 is 20.3 Å². The van der Waals surface area contributed by atoms with Crippen LogP contribution >= 0.6 is 0 Å². The van der Waals surface area contributed by atoms with Crippen LogP contribution in [0.4, 0.5) is 0 Å². The van der Waals surface area contributed by atoms with Gasteiger partial charge in [0.15, 0.2) is 0 Å². The number of hydrogen-bond acceptors (Lipinski definition) is 4. The van der Waals surface area contributed by atoms with Crippen molar-refractivity contribution in [2.24, 2.45) is 5.92 Å². The Hall–Kier alpha value is -1.10. The van der Waals surface area contributed by atoms with E-state index in [2.05, 4.69) is 19.2 Å². The minimum atomic E-state index is -0.560. The van der Waals surface area contributed by atoms with Gasteiger partial charge in [0.25, 0.3) is 0 Å². The van der Waals surface area contributed by atoms with Crippen LogP contribution in [0.1, 0.15) is 25.8 Å². The third-order valence-electron chi connectivity index (χ3n) is 3.29. The quantitative estimate of drug-likeness (QED) is 0.645. The molecular weight excluding hydrogens is 254 g/mol. The number of nitrogens with one attached hydrogen (secondary N) is 1. The Morgan fingerprint density at radius 2 is 2.05 bits per heavy atom. The third-order valence-corrected chi connectivity index (χ3v) is 3.29. The molecule has 114 valence electrons. The molecule has 0 radical (unpaired) electrons. The SMILES string of the molecule is Cc1cccc(OCC(O)CNC(CCO)C(C)C)c1. The van der Waals surface area contributed by atoms with Gasteiger partial charge in [0, 0.05) is 19.2 Å². The summed E-state index contributed by atoms with van der Waals surface area (Å²) in [4.78, 5) is 0. The van der Waals surface area contributed by atoms with Crippen LogP contribution in [0.3, 0.4) is 0 Å². The van der Waals surface area contributed by atoms with Gasteiger partial charge in [-0.05, 0) is 37.0 Å². The van der Waals surface area contributed by atoms with Crippen molar-refractivity contribution in [3.63, 3.8) is 0 Å². The second-order valence-corrected chi connectivity index (χ2v) is 5.55. The summed E-state index contributed by atoms with van der Waals surface area (Å²) in [6, 6.07) is 7.99. The molecule has 0 aliphatic carbocycles. The maximum absolute atomic E-state index is 9.93. The summed E-state index contributed by atoms with van der Waals surface area (Å²) in [6.07, 6.45) is 0.138. The van der Waals surface area contributed by atoms with Crippen LogP contribution in [-0.2, 0) is 0 Å². The van der Waals surface area contributed by atoms with Gasteiger partial charge in [-0.1, -0.05) is 26.0 Å². The summed E-state index contributed by atoms with van der Waals surface area (Å²) < 4.78 is 5.56. The monoisotopic (exact) mass is 281 g/mol. The van der Waals surface area contributed by atoms with Crippen LogP contribution < -0.4 is 10.1 Å². The summed E-state index contributed by atoms with van der Waals surface area (Å²) in [7, 11) is 0. The van der Waals surface area contributed by atoms with Gasteiger partial charge in [0.05, 0.1) is 0 Å². The number of ether oxygens (including phenoxy) is 1. The van der Waals surface area contributed by atoms with Crippen LogP contribution in [0.25, 0.3) is 0 Å². The second-order valence-electron chi connectivity index (χ2n) is 5.55. The van der Waals surface area contributed by atoms with Crippen molar-refractivity contribution < 1.29 is 14.9 Å². The third kappa shape index (κ3) is 6.37. The Morgan fingerprint density at radius 1 is 1.30 bits per heavy atom. The second kappa shape index (κ2) is 8.95. The molecule has 2 atom stereocenters. The van der Waals surface area contributed by atoms with Gasteiger partial charge in [0.2, 0.25) is 0 Å². The number of hydrogen-bond donors (Lipinski definition) is 3. The topological polar surface area (TPSA) is 61.7 Å². The predicted octanol–water partition coefficient (Wildman–Crippen LogP) is 1.73. The Balaban J connectivity index is 2.30. The first-order chi connectivity index (χ1) is 9.52. The number of aliphatic hydroxyl groups is 2. The molecule has 4 nitrogen and oxygen atoms in total. The lowest BCUT2D eigenvalue weighted by Gasteiger charge is -2.23. The van der Waals surface area contributed by atoms with E-state index in [0.717, 1.165) is 11.3 Å². The zero-order valence-corrected chi connectivity index (χ0v) is 12.7. The zero-order valence-electron chi connectivity index (χ0n) is 12.7. The molecule has 0 aliphatic heterocycles. The molecule has 0 saturated heterocycles. The van der Waals surface area contributed by atoms with E-state index in [1.165, 1.54) is 0 Å². The van der Waals surface area contributed by atoms with Crippen molar-refractivity contribution in [3.05, 3.63) is 29.8 Å². The maximum atomic E-state index is 9.93. The number of rotatable bonds is 9. The van der Waals surface area contributed by atoms with Crippen LogP contribution in [0.2, 0.25) is 0 Å². The highest BCUT2D eigenvalue weighted by molar-refractivity contribution is 5.27. The van der Waals surface area contributed by atoms with Crippen LogP contribution in [0.5, 0.6) is 5.75 Å². The summed E-state index contributed by atoms with van der Waals surface area (Å²) in [5.74, 6) is 1.20. The zero-order chi connectivity index (χ0) is 15.0. The van der Waals surface area contributed by atoms with E-state index in [4.69, 9.17) is 9.84 Å². The minimum absolute atomic E-state index is 0.158. The standard InChI is InChI=1S/C16H27NO3/c1-12(2)16(7-8-18)17-10-14(19)11-20-15-6-4-5-13(3)9-15/h4-6,9,12,14,16-19H,7-8,10-11H2,1-3H3. The van der Waals surface area contributed by atoms with E-state index in [0.29, 0.717) is 18.9 Å². The van der Waals surface area contributed by atoms with E-state index in [-0.39, 0.29) is 19.3 Å². The van der Waals surface area contributed by atoms with E-state index in [1.807, 2.05) is 31.2 Å². The lowest BCUT2D eigenvalue weighted by molar-refractivity contribution is 0.0995. The van der Waals surface area contributed by atoms with Crippen LogP contribution in [0.15, 0.2) is 24.3 Å². The van der Waals surface area contributed by atoms with Crippen molar-refractivity contribution in [1.29, 1.82) is 0 Å². The largest absolute Gasteiger partial charge is 0.491 e. The van der Waals surface area contributed by atoms with E-state index < -0.39 is 6.10 Å². The molecule has 4 heteroatoms. The van der Waals surface area contributed by atoms with Gasteiger partial charge in [-0.15, -0.1) is 0 Å². The fraction of sp³-hybridized carbons (Fsp3) is 0.625. The van der Waals surface area contributed by atoms with E-state index >= 15 is 0 Å². The highest BCUT2D eigenvalue weighted by Crippen LogP contribution is 2.12. The Morgan fingerprint density at radius 3 is 2.65 bits per heavy atom. The van der Waals surface area contributed by atoms with Crippen molar-refractivity contribution in [1.82, 2.24) is 5.32 Å². The molecule has 1 aromatic rings. The van der Waals surface area contributed by atoms with Gasteiger partial charge in [-0.25, -0.2) is 0 Å². The molecule has 0 fully saturated rings. The smallest absolute Gasteiger partial charge is 0.119 e.